The van der Waals surface area contributed by atoms with Crippen molar-refractivity contribution in [3.8, 4) is 0 Å². The Kier molecular flexibility index (Phi) is 4.65. The Balaban J connectivity index is 2.05. The summed E-state index contributed by atoms with van der Waals surface area (Å²) >= 11 is 3.47. The van der Waals surface area contributed by atoms with Crippen molar-refractivity contribution >= 4 is 21.6 Å². The van der Waals surface area contributed by atoms with Gasteiger partial charge in [0.2, 0.25) is 0 Å². The third-order valence-corrected chi connectivity index (χ3v) is 3.77. The maximum Gasteiger partial charge on any atom is 0.0952 e. The Bertz CT molecular complexity index is 409. The van der Waals surface area contributed by atoms with Gasteiger partial charge in [0.1, 0.15) is 0 Å². The maximum atomic E-state index is 5.86. The zero-order valence-corrected chi connectivity index (χ0v) is 12.5. The van der Waals surface area contributed by atoms with Crippen LogP contribution in [0.1, 0.15) is 25.5 Å². The van der Waals surface area contributed by atoms with Crippen LogP contribution < -0.4 is 5.73 Å². The SMILES string of the molecule is C[C](C)CN1CCO[C@H](c2ccc(N)c(Br)c2)C1. The topological polar surface area (TPSA) is 38.5 Å². The molecule has 2 rings (SSSR count). The molecule has 1 aromatic rings. The highest BCUT2D eigenvalue weighted by atomic mass is 79.9. The summed E-state index contributed by atoms with van der Waals surface area (Å²) in [5.74, 6) is 1.44. The van der Waals surface area contributed by atoms with Crippen LogP contribution in [0.4, 0.5) is 5.69 Å². The van der Waals surface area contributed by atoms with E-state index in [0.717, 1.165) is 36.4 Å². The van der Waals surface area contributed by atoms with E-state index in [4.69, 9.17) is 10.5 Å². The van der Waals surface area contributed by atoms with E-state index in [-0.39, 0.29) is 6.10 Å². The van der Waals surface area contributed by atoms with Crippen molar-refractivity contribution in [1.82, 2.24) is 4.90 Å². The zero-order valence-electron chi connectivity index (χ0n) is 10.9. The number of halogens is 1. The van der Waals surface area contributed by atoms with Crippen molar-refractivity contribution in [1.29, 1.82) is 0 Å². The molecule has 0 aromatic heterocycles. The first-order valence-corrected chi connectivity index (χ1v) is 7.03. The van der Waals surface area contributed by atoms with E-state index in [1.165, 1.54) is 11.5 Å². The summed E-state index contributed by atoms with van der Waals surface area (Å²) in [4.78, 5) is 2.44. The van der Waals surface area contributed by atoms with Crippen LogP contribution in [0.2, 0.25) is 0 Å². The van der Waals surface area contributed by atoms with Crippen molar-refractivity contribution in [2.24, 2.45) is 0 Å². The Labute approximate surface area is 117 Å². The molecule has 0 aliphatic carbocycles. The highest BCUT2D eigenvalue weighted by molar-refractivity contribution is 9.10. The molecule has 0 amide bonds. The molecule has 1 aliphatic heterocycles. The van der Waals surface area contributed by atoms with Crippen molar-refractivity contribution in [2.45, 2.75) is 20.0 Å². The molecule has 1 heterocycles. The first-order valence-electron chi connectivity index (χ1n) is 6.24. The first kappa shape index (κ1) is 13.8. The molecular weight excluding hydrogens is 292 g/mol. The molecule has 99 valence electrons. The minimum absolute atomic E-state index is 0.148. The normalized spacial score (nSPS) is 21.4. The van der Waals surface area contributed by atoms with E-state index in [0.29, 0.717) is 0 Å². The van der Waals surface area contributed by atoms with Crippen LogP contribution in [-0.4, -0.2) is 31.1 Å². The molecule has 0 bridgehead atoms. The fourth-order valence-corrected chi connectivity index (χ4v) is 2.64. The van der Waals surface area contributed by atoms with E-state index >= 15 is 0 Å². The number of morpholine rings is 1. The number of rotatable bonds is 3. The molecule has 1 radical (unpaired) electrons. The summed E-state index contributed by atoms with van der Waals surface area (Å²) in [6.07, 6.45) is 0.148. The van der Waals surface area contributed by atoms with Gasteiger partial charge < -0.3 is 10.5 Å². The second-order valence-corrected chi connectivity index (χ2v) is 5.94. The van der Waals surface area contributed by atoms with Crippen molar-refractivity contribution < 1.29 is 4.74 Å². The van der Waals surface area contributed by atoms with Crippen LogP contribution in [0.15, 0.2) is 22.7 Å². The summed E-state index contributed by atoms with van der Waals surface area (Å²) < 4.78 is 6.80. The van der Waals surface area contributed by atoms with Crippen molar-refractivity contribution in [3.05, 3.63) is 34.2 Å². The second kappa shape index (κ2) is 6.04. The van der Waals surface area contributed by atoms with Gasteiger partial charge in [0.05, 0.1) is 12.7 Å². The molecule has 4 heteroatoms. The molecule has 2 N–H and O–H groups in total. The molecule has 3 nitrogen and oxygen atoms in total. The number of nitrogen functional groups attached to an aromatic ring is 1. The van der Waals surface area contributed by atoms with Crippen LogP contribution in [0.5, 0.6) is 0 Å². The van der Waals surface area contributed by atoms with Crippen molar-refractivity contribution in [2.75, 3.05) is 32.0 Å². The quantitative estimate of drug-likeness (QED) is 0.872. The lowest BCUT2D eigenvalue weighted by Gasteiger charge is -2.34. The predicted octanol–water partition coefficient (Wildman–Crippen LogP) is 3.02. The minimum Gasteiger partial charge on any atom is -0.398 e. The number of nitrogens with zero attached hydrogens (tertiary/aromatic N) is 1. The predicted molar refractivity (Wildman–Crippen MR) is 78.3 cm³/mol. The van der Waals surface area contributed by atoms with Crippen LogP contribution in [0.25, 0.3) is 0 Å². The minimum atomic E-state index is 0.148. The lowest BCUT2D eigenvalue weighted by atomic mass is 10.1. The first-order chi connectivity index (χ1) is 8.56. The summed E-state index contributed by atoms with van der Waals surface area (Å²) in [5, 5.41) is 0. The van der Waals surface area contributed by atoms with Gasteiger partial charge in [0.25, 0.3) is 0 Å². The third kappa shape index (κ3) is 3.46. The molecule has 1 aliphatic rings. The van der Waals surface area contributed by atoms with E-state index in [1.54, 1.807) is 0 Å². The standard InChI is InChI=1S/C14H20BrN2O/c1-10(2)8-17-5-6-18-14(9-17)11-3-4-13(16)12(15)7-11/h3-4,7,14H,5-6,8-9,16H2,1-2H3/t14-/m0/s1. The molecule has 1 saturated heterocycles. The Morgan fingerprint density at radius 1 is 1.50 bits per heavy atom. The summed E-state index contributed by atoms with van der Waals surface area (Å²) in [6.45, 7) is 8.14. The molecule has 0 spiro atoms. The molecule has 1 atom stereocenters. The zero-order chi connectivity index (χ0) is 13.1. The van der Waals surface area contributed by atoms with Crippen LogP contribution >= 0.6 is 15.9 Å². The highest BCUT2D eigenvalue weighted by Crippen LogP contribution is 2.28. The van der Waals surface area contributed by atoms with Gasteiger partial charge in [0.15, 0.2) is 0 Å². The summed E-state index contributed by atoms with van der Waals surface area (Å²) in [7, 11) is 0. The van der Waals surface area contributed by atoms with Gasteiger partial charge in [-0.25, -0.2) is 0 Å². The third-order valence-electron chi connectivity index (χ3n) is 3.09. The summed E-state index contributed by atoms with van der Waals surface area (Å²) in [6, 6.07) is 6.04. The van der Waals surface area contributed by atoms with Crippen LogP contribution in [0, 0.1) is 5.92 Å². The average molecular weight is 312 g/mol. The molecule has 1 aromatic carbocycles. The number of hydrogen-bond donors (Lipinski definition) is 1. The lowest BCUT2D eigenvalue weighted by Crippen LogP contribution is -2.39. The van der Waals surface area contributed by atoms with Crippen LogP contribution in [-0.2, 0) is 4.74 Å². The molecular formula is C14H20BrN2O. The van der Waals surface area contributed by atoms with Gasteiger partial charge in [-0.15, -0.1) is 0 Å². The molecule has 0 unspecified atom stereocenters. The van der Waals surface area contributed by atoms with Gasteiger partial charge in [-0.1, -0.05) is 19.9 Å². The fourth-order valence-electron chi connectivity index (χ4n) is 2.24. The van der Waals surface area contributed by atoms with Gasteiger partial charge in [0, 0.05) is 29.8 Å². The lowest BCUT2D eigenvalue weighted by molar-refractivity contribution is -0.0283. The average Bonchev–Trinajstić information content (AvgIpc) is 2.32. The number of benzene rings is 1. The largest absolute Gasteiger partial charge is 0.398 e. The Hall–Kier alpha value is -0.580. The van der Waals surface area contributed by atoms with Gasteiger partial charge in [-0.3, -0.25) is 4.90 Å². The fraction of sp³-hybridized carbons (Fsp3) is 0.500. The van der Waals surface area contributed by atoms with E-state index in [9.17, 15) is 0 Å². The smallest absolute Gasteiger partial charge is 0.0952 e. The molecule has 18 heavy (non-hydrogen) atoms. The Morgan fingerprint density at radius 3 is 2.94 bits per heavy atom. The van der Waals surface area contributed by atoms with Crippen LogP contribution in [0.3, 0.4) is 0 Å². The molecule has 0 saturated carbocycles. The number of nitrogens with two attached hydrogens (primary N) is 1. The van der Waals surface area contributed by atoms with Crippen molar-refractivity contribution in [3.63, 3.8) is 0 Å². The maximum absolute atomic E-state index is 5.86. The highest BCUT2D eigenvalue weighted by Gasteiger charge is 2.22. The number of anilines is 1. The number of hydrogen-bond acceptors (Lipinski definition) is 3. The van der Waals surface area contributed by atoms with E-state index < -0.39 is 0 Å². The Morgan fingerprint density at radius 2 is 2.28 bits per heavy atom. The van der Waals surface area contributed by atoms with Gasteiger partial charge in [-0.05, 0) is 39.5 Å². The monoisotopic (exact) mass is 311 g/mol. The van der Waals surface area contributed by atoms with E-state index in [1.807, 2.05) is 6.07 Å². The summed E-state index contributed by atoms with van der Waals surface area (Å²) in [5.41, 5.74) is 7.77. The van der Waals surface area contributed by atoms with E-state index in [2.05, 4.69) is 46.8 Å². The van der Waals surface area contributed by atoms with Gasteiger partial charge in [-0.2, -0.15) is 0 Å². The molecule has 1 fully saturated rings. The van der Waals surface area contributed by atoms with Gasteiger partial charge >= 0.3 is 0 Å². The number of ether oxygens (including phenoxy) is 1. The second-order valence-electron chi connectivity index (χ2n) is 5.08.